The van der Waals surface area contributed by atoms with Crippen molar-refractivity contribution < 1.29 is 9.47 Å². The number of rotatable bonds is 1. The van der Waals surface area contributed by atoms with Gasteiger partial charge in [-0.25, -0.2) is 4.98 Å². The zero-order valence-electron chi connectivity index (χ0n) is 8.90. The number of hydrogen-bond donors (Lipinski definition) is 0. The van der Waals surface area contributed by atoms with Gasteiger partial charge in [0.1, 0.15) is 6.10 Å². The first-order valence-corrected chi connectivity index (χ1v) is 5.61. The summed E-state index contributed by atoms with van der Waals surface area (Å²) in [6, 6.07) is 0. The molecule has 2 rings (SSSR count). The van der Waals surface area contributed by atoms with Crippen LogP contribution in [0.1, 0.15) is 39.5 Å². The predicted molar refractivity (Wildman–Crippen MR) is 55.2 cm³/mol. The van der Waals surface area contributed by atoms with Gasteiger partial charge in [0, 0.05) is 5.38 Å². The molecule has 78 valence electrons. The molecule has 3 nitrogen and oxygen atoms in total. The molecule has 0 N–H and O–H groups in total. The number of ether oxygens (including phenoxy) is 2. The summed E-state index contributed by atoms with van der Waals surface area (Å²) in [5.74, 6) is -0.516. The van der Waals surface area contributed by atoms with Crippen LogP contribution < -0.4 is 0 Å². The van der Waals surface area contributed by atoms with Crippen LogP contribution in [0.25, 0.3) is 0 Å². The molecule has 1 fully saturated rings. The van der Waals surface area contributed by atoms with Crippen LogP contribution in [0.2, 0.25) is 0 Å². The maximum Gasteiger partial charge on any atom is 0.164 e. The maximum atomic E-state index is 5.83. The largest absolute Gasteiger partial charge is 0.341 e. The van der Waals surface area contributed by atoms with Gasteiger partial charge in [-0.15, -0.1) is 11.3 Å². The topological polar surface area (TPSA) is 31.4 Å². The summed E-state index contributed by atoms with van der Waals surface area (Å²) in [5.41, 5.74) is 2.48. The molecule has 1 saturated heterocycles. The molecule has 0 aromatic carbocycles. The predicted octanol–water partition coefficient (Wildman–Crippen LogP) is 2.75. The fourth-order valence-electron chi connectivity index (χ4n) is 1.90. The lowest BCUT2D eigenvalue weighted by molar-refractivity contribution is -0.157. The van der Waals surface area contributed by atoms with E-state index in [1.807, 2.05) is 38.6 Å². The minimum atomic E-state index is -0.516. The minimum absolute atomic E-state index is 0.0660. The molecule has 14 heavy (non-hydrogen) atoms. The fourth-order valence-corrected chi connectivity index (χ4v) is 2.47. The minimum Gasteiger partial charge on any atom is -0.341 e. The molecule has 0 spiro atoms. The van der Waals surface area contributed by atoms with Gasteiger partial charge in [0.2, 0.25) is 0 Å². The summed E-state index contributed by atoms with van der Waals surface area (Å²) in [7, 11) is 0. The van der Waals surface area contributed by atoms with Crippen LogP contribution in [-0.2, 0) is 9.47 Å². The first-order valence-electron chi connectivity index (χ1n) is 4.67. The molecule has 0 aliphatic carbocycles. The van der Waals surface area contributed by atoms with Crippen LogP contribution in [-0.4, -0.2) is 16.4 Å². The summed E-state index contributed by atoms with van der Waals surface area (Å²) in [5, 5.41) is 2.01. The average molecular weight is 213 g/mol. The van der Waals surface area contributed by atoms with Gasteiger partial charge in [-0.1, -0.05) is 0 Å². The SMILES string of the molecule is CC1(C)OC(c2cscn2)C(C)(C)O1. The van der Waals surface area contributed by atoms with Crippen LogP contribution in [0.4, 0.5) is 0 Å². The fraction of sp³-hybridized carbons (Fsp3) is 0.700. The normalized spacial score (nSPS) is 29.3. The van der Waals surface area contributed by atoms with Crippen molar-refractivity contribution in [1.29, 1.82) is 0 Å². The third-order valence-corrected chi connectivity index (χ3v) is 2.87. The lowest BCUT2D eigenvalue weighted by Gasteiger charge is -2.22. The lowest BCUT2D eigenvalue weighted by Crippen LogP contribution is -2.28. The Morgan fingerprint density at radius 2 is 2.07 bits per heavy atom. The van der Waals surface area contributed by atoms with Crippen molar-refractivity contribution in [3.63, 3.8) is 0 Å². The summed E-state index contributed by atoms with van der Waals surface area (Å²) in [6.45, 7) is 7.93. The molecule has 1 atom stereocenters. The molecule has 0 bridgehead atoms. The van der Waals surface area contributed by atoms with E-state index >= 15 is 0 Å². The highest BCUT2D eigenvalue weighted by Gasteiger charge is 2.48. The van der Waals surface area contributed by atoms with Crippen molar-refractivity contribution in [3.05, 3.63) is 16.6 Å². The highest BCUT2D eigenvalue weighted by Crippen LogP contribution is 2.44. The number of thiazole rings is 1. The van der Waals surface area contributed by atoms with Crippen LogP contribution in [0.3, 0.4) is 0 Å². The van der Waals surface area contributed by atoms with Crippen LogP contribution in [0.5, 0.6) is 0 Å². The Morgan fingerprint density at radius 1 is 1.36 bits per heavy atom. The maximum absolute atomic E-state index is 5.83. The number of hydrogen-bond acceptors (Lipinski definition) is 4. The molecule has 1 aromatic heterocycles. The second-order valence-corrected chi connectivity index (χ2v) is 5.24. The summed E-state index contributed by atoms with van der Waals surface area (Å²) < 4.78 is 11.6. The Balaban J connectivity index is 2.29. The van der Waals surface area contributed by atoms with Crippen LogP contribution >= 0.6 is 11.3 Å². The van der Waals surface area contributed by atoms with Gasteiger partial charge in [-0.05, 0) is 27.7 Å². The molecule has 2 heterocycles. The Bertz CT molecular complexity index is 319. The Labute approximate surface area is 88.1 Å². The summed E-state index contributed by atoms with van der Waals surface area (Å²) in [6.07, 6.45) is -0.0660. The zero-order valence-corrected chi connectivity index (χ0v) is 9.72. The monoisotopic (exact) mass is 213 g/mol. The standard InChI is InChI=1S/C10H15NO2S/c1-9(2)8(7-5-14-6-11-7)12-10(3,4)13-9/h5-6,8H,1-4H3. The second-order valence-electron chi connectivity index (χ2n) is 4.52. The van der Waals surface area contributed by atoms with E-state index in [0.29, 0.717) is 0 Å². The van der Waals surface area contributed by atoms with Crippen molar-refractivity contribution in [2.75, 3.05) is 0 Å². The van der Waals surface area contributed by atoms with E-state index in [-0.39, 0.29) is 11.7 Å². The van der Waals surface area contributed by atoms with E-state index in [4.69, 9.17) is 9.47 Å². The Kier molecular flexibility index (Phi) is 2.17. The van der Waals surface area contributed by atoms with Crippen molar-refractivity contribution in [3.8, 4) is 0 Å². The Hall–Kier alpha value is -0.450. The van der Waals surface area contributed by atoms with E-state index in [1.54, 1.807) is 11.3 Å². The van der Waals surface area contributed by atoms with E-state index in [9.17, 15) is 0 Å². The first kappa shape index (κ1) is 10.1. The first-order chi connectivity index (χ1) is 6.41. The molecule has 1 unspecified atom stereocenters. The molecule has 0 saturated carbocycles. The third-order valence-electron chi connectivity index (χ3n) is 2.26. The summed E-state index contributed by atoms with van der Waals surface area (Å²) in [4.78, 5) is 4.27. The number of aromatic nitrogens is 1. The smallest absolute Gasteiger partial charge is 0.164 e. The zero-order chi connectivity index (χ0) is 10.4. The highest BCUT2D eigenvalue weighted by molar-refractivity contribution is 7.07. The third kappa shape index (κ3) is 1.69. The van der Waals surface area contributed by atoms with Crippen molar-refractivity contribution in [1.82, 2.24) is 4.98 Å². The molecular weight excluding hydrogens is 198 g/mol. The van der Waals surface area contributed by atoms with Gasteiger partial charge in [-0.3, -0.25) is 0 Å². The van der Waals surface area contributed by atoms with Gasteiger partial charge >= 0.3 is 0 Å². The van der Waals surface area contributed by atoms with Crippen molar-refractivity contribution >= 4 is 11.3 Å². The van der Waals surface area contributed by atoms with Gasteiger partial charge in [0.25, 0.3) is 0 Å². The highest BCUT2D eigenvalue weighted by atomic mass is 32.1. The molecule has 1 aliphatic heterocycles. The quantitative estimate of drug-likeness (QED) is 0.718. The molecular formula is C10H15NO2S. The molecule has 4 heteroatoms. The molecule has 1 aliphatic rings. The number of nitrogens with zero attached hydrogens (tertiary/aromatic N) is 1. The van der Waals surface area contributed by atoms with Crippen molar-refractivity contribution in [2.24, 2.45) is 0 Å². The van der Waals surface area contributed by atoms with E-state index < -0.39 is 5.79 Å². The van der Waals surface area contributed by atoms with Gasteiger partial charge in [-0.2, -0.15) is 0 Å². The summed E-state index contributed by atoms with van der Waals surface area (Å²) >= 11 is 1.58. The van der Waals surface area contributed by atoms with Gasteiger partial charge < -0.3 is 9.47 Å². The van der Waals surface area contributed by atoms with Crippen LogP contribution in [0.15, 0.2) is 10.9 Å². The van der Waals surface area contributed by atoms with Crippen LogP contribution in [0, 0.1) is 0 Å². The van der Waals surface area contributed by atoms with Gasteiger partial charge in [0.15, 0.2) is 5.79 Å². The lowest BCUT2D eigenvalue weighted by atomic mass is 10.0. The Morgan fingerprint density at radius 3 is 2.50 bits per heavy atom. The van der Waals surface area contributed by atoms with Crippen molar-refractivity contribution in [2.45, 2.75) is 45.2 Å². The van der Waals surface area contributed by atoms with E-state index in [2.05, 4.69) is 4.98 Å². The molecule has 0 amide bonds. The van der Waals surface area contributed by atoms with E-state index in [0.717, 1.165) is 5.69 Å². The van der Waals surface area contributed by atoms with E-state index in [1.165, 1.54) is 0 Å². The molecule has 1 aromatic rings. The van der Waals surface area contributed by atoms with Gasteiger partial charge in [0.05, 0.1) is 16.8 Å². The molecule has 0 radical (unpaired) electrons. The second kappa shape index (κ2) is 3.02. The average Bonchev–Trinajstić information content (AvgIpc) is 2.54.